The van der Waals surface area contributed by atoms with Crippen LogP contribution in [0, 0.1) is 0 Å². The monoisotopic (exact) mass is 251 g/mol. The van der Waals surface area contributed by atoms with Crippen molar-refractivity contribution >= 4 is 12.0 Å². The van der Waals surface area contributed by atoms with Crippen molar-refractivity contribution in [1.29, 1.82) is 0 Å². The van der Waals surface area contributed by atoms with Crippen molar-refractivity contribution in [3.63, 3.8) is 0 Å². The van der Waals surface area contributed by atoms with Gasteiger partial charge in [-0.2, -0.15) is 0 Å². The molecule has 0 fully saturated rings. The van der Waals surface area contributed by atoms with E-state index in [1.165, 1.54) is 6.08 Å². The van der Waals surface area contributed by atoms with E-state index >= 15 is 0 Å². The Morgan fingerprint density at radius 2 is 2.28 bits per heavy atom. The molecule has 1 amide bonds. The maximum atomic E-state index is 11.4. The molecule has 0 aromatic carbocycles. The molecule has 1 heterocycles. The first-order valence-corrected chi connectivity index (χ1v) is 6.40. The number of carbonyl (C=O) groups excluding carboxylic acids is 1. The van der Waals surface area contributed by atoms with Gasteiger partial charge >= 0.3 is 0 Å². The van der Waals surface area contributed by atoms with Crippen molar-refractivity contribution in [2.75, 3.05) is 19.8 Å². The Hall–Kier alpha value is -1.55. The molecule has 4 heteroatoms. The second kappa shape index (κ2) is 9.48. The summed E-state index contributed by atoms with van der Waals surface area (Å²) in [7, 11) is 0. The molecule has 0 aliphatic carbocycles. The lowest BCUT2D eigenvalue weighted by Crippen LogP contribution is -2.23. The van der Waals surface area contributed by atoms with Crippen LogP contribution in [0.2, 0.25) is 0 Å². The molecule has 0 saturated carbocycles. The largest absolute Gasteiger partial charge is 0.465 e. The standard InChI is InChI=1S/C14H21NO3/c1-2-3-10-17-11-5-9-15-14(16)8-7-13-6-4-12-18-13/h4,6-8,12H,2-3,5,9-11H2,1H3,(H,15,16). The Balaban J connectivity index is 2.00. The average Bonchev–Trinajstić information content (AvgIpc) is 2.88. The molecule has 0 aliphatic heterocycles. The first-order chi connectivity index (χ1) is 8.83. The van der Waals surface area contributed by atoms with E-state index in [9.17, 15) is 4.79 Å². The van der Waals surface area contributed by atoms with E-state index in [1.807, 2.05) is 0 Å². The van der Waals surface area contributed by atoms with E-state index in [2.05, 4.69) is 12.2 Å². The third-order valence-corrected chi connectivity index (χ3v) is 2.35. The molecule has 18 heavy (non-hydrogen) atoms. The van der Waals surface area contributed by atoms with Crippen molar-refractivity contribution in [2.45, 2.75) is 26.2 Å². The Kier molecular flexibility index (Phi) is 7.64. The molecule has 0 bridgehead atoms. The van der Waals surface area contributed by atoms with Gasteiger partial charge in [-0.1, -0.05) is 13.3 Å². The maximum absolute atomic E-state index is 11.4. The first-order valence-electron chi connectivity index (χ1n) is 6.40. The fourth-order valence-electron chi connectivity index (χ4n) is 1.34. The van der Waals surface area contributed by atoms with Crippen LogP contribution in [0.25, 0.3) is 6.08 Å². The zero-order valence-electron chi connectivity index (χ0n) is 10.9. The number of carbonyl (C=O) groups is 1. The van der Waals surface area contributed by atoms with E-state index in [4.69, 9.17) is 9.15 Å². The molecule has 4 nitrogen and oxygen atoms in total. The summed E-state index contributed by atoms with van der Waals surface area (Å²) in [5.41, 5.74) is 0. The predicted octanol–water partition coefficient (Wildman–Crippen LogP) is 2.62. The molecule has 0 saturated heterocycles. The fraction of sp³-hybridized carbons (Fsp3) is 0.500. The molecule has 0 unspecified atom stereocenters. The number of furan rings is 1. The molecule has 1 aromatic heterocycles. The third kappa shape index (κ3) is 6.91. The van der Waals surface area contributed by atoms with Crippen LogP contribution >= 0.6 is 0 Å². The molecule has 1 N–H and O–H groups in total. The highest BCUT2D eigenvalue weighted by molar-refractivity contribution is 5.91. The summed E-state index contributed by atoms with van der Waals surface area (Å²) < 4.78 is 10.5. The predicted molar refractivity (Wildman–Crippen MR) is 71.1 cm³/mol. The highest BCUT2D eigenvalue weighted by Gasteiger charge is 1.95. The van der Waals surface area contributed by atoms with Gasteiger partial charge in [0, 0.05) is 25.8 Å². The quantitative estimate of drug-likeness (QED) is 0.542. The number of unbranched alkanes of at least 4 members (excludes halogenated alkanes) is 1. The number of ether oxygens (including phenoxy) is 1. The smallest absolute Gasteiger partial charge is 0.244 e. The second-order valence-electron chi connectivity index (χ2n) is 3.96. The van der Waals surface area contributed by atoms with Crippen LogP contribution in [0.15, 0.2) is 28.9 Å². The summed E-state index contributed by atoms with van der Waals surface area (Å²) in [4.78, 5) is 11.4. The minimum absolute atomic E-state index is 0.111. The summed E-state index contributed by atoms with van der Waals surface area (Å²) in [5.74, 6) is 0.563. The summed E-state index contributed by atoms with van der Waals surface area (Å²) >= 11 is 0. The van der Waals surface area contributed by atoms with Crippen molar-refractivity contribution in [1.82, 2.24) is 5.32 Å². The van der Waals surface area contributed by atoms with Crippen molar-refractivity contribution in [3.05, 3.63) is 30.2 Å². The molecule has 1 aromatic rings. The molecule has 0 atom stereocenters. The van der Waals surface area contributed by atoms with Crippen LogP contribution < -0.4 is 5.32 Å². The minimum atomic E-state index is -0.111. The number of rotatable bonds is 9. The average molecular weight is 251 g/mol. The third-order valence-electron chi connectivity index (χ3n) is 2.35. The van der Waals surface area contributed by atoms with E-state index < -0.39 is 0 Å². The number of hydrogen-bond donors (Lipinski definition) is 1. The molecule has 0 radical (unpaired) electrons. The highest BCUT2D eigenvalue weighted by atomic mass is 16.5. The molecular formula is C14H21NO3. The number of nitrogens with one attached hydrogen (secondary N) is 1. The topological polar surface area (TPSA) is 51.5 Å². The molecule has 1 rings (SSSR count). The number of hydrogen-bond acceptors (Lipinski definition) is 3. The summed E-state index contributed by atoms with van der Waals surface area (Å²) in [5, 5.41) is 2.79. The van der Waals surface area contributed by atoms with Crippen LogP contribution in [0.1, 0.15) is 31.9 Å². The fourth-order valence-corrected chi connectivity index (χ4v) is 1.34. The maximum Gasteiger partial charge on any atom is 0.244 e. The van der Waals surface area contributed by atoms with Crippen molar-refractivity contribution in [3.8, 4) is 0 Å². The van der Waals surface area contributed by atoms with Gasteiger partial charge in [-0.05, 0) is 31.1 Å². The van der Waals surface area contributed by atoms with Gasteiger partial charge < -0.3 is 14.5 Å². The highest BCUT2D eigenvalue weighted by Crippen LogP contribution is 2.01. The molecular weight excluding hydrogens is 230 g/mol. The van der Waals surface area contributed by atoms with Gasteiger partial charge in [0.15, 0.2) is 0 Å². The first kappa shape index (κ1) is 14.5. The van der Waals surface area contributed by atoms with Gasteiger partial charge in [-0.25, -0.2) is 0 Å². The van der Waals surface area contributed by atoms with Crippen molar-refractivity contribution in [2.24, 2.45) is 0 Å². The Morgan fingerprint density at radius 3 is 3.00 bits per heavy atom. The van der Waals surface area contributed by atoms with Crippen LogP contribution in [-0.2, 0) is 9.53 Å². The lowest BCUT2D eigenvalue weighted by molar-refractivity contribution is -0.116. The van der Waals surface area contributed by atoms with Crippen molar-refractivity contribution < 1.29 is 13.9 Å². The van der Waals surface area contributed by atoms with E-state index in [-0.39, 0.29) is 5.91 Å². The summed E-state index contributed by atoms with van der Waals surface area (Å²) in [6, 6.07) is 3.58. The van der Waals surface area contributed by atoms with Gasteiger partial charge in [0.25, 0.3) is 0 Å². The van der Waals surface area contributed by atoms with E-state index in [0.29, 0.717) is 18.9 Å². The van der Waals surface area contributed by atoms with Gasteiger partial charge in [0.2, 0.25) is 5.91 Å². The minimum Gasteiger partial charge on any atom is -0.465 e. The second-order valence-corrected chi connectivity index (χ2v) is 3.96. The van der Waals surface area contributed by atoms with Crippen LogP contribution in [0.3, 0.4) is 0 Å². The summed E-state index contributed by atoms with van der Waals surface area (Å²) in [6.07, 6.45) is 7.77. The Morgan fingerprint density at radius 1 is 1.44 bits per heavy atom. The van der Waals surface area contributed by atoms with Crippen LogP contribution in [0.5, 0.6) is 0 Å². The van der Waals surface area contributed by atoms with Gasteiger partial charge in [0.1, 0.15) is 5.76 Å². The lowest BCUT2D eigenvalue weighted by Gasteiger charge is -2.03. The van der Waals surface area contributed by atoms with Gasteiger partial charge in [-0.15, -0.1) is 0 Å². The zero-order valence-corrected chi connectivity index (χ0v) is 10.9. The van der Waals surface area contributed by atoms with Crippen LogP contribution in [-0.4, -0.2) is 25.7 Å². The van der Waals surface area contributed by atoms with Gasteiger partial charge in [0.05, 0.1) is 6.26 Å². The molecule has 0 aliphatic rings. The van der Waals surface area contributed by atoms with E-state index in [0.717, 1.165) is 25.9 Å². The SMILES string of the molecule is CCCCOCCCNC(=O)C=Cc1ccco1. The molecule has 100 valence electrons. The van der Waals surface area contributed by atoms with Gasteiger partial charge in [-0.3, -0.25) is 4.79 Å². The summed E-state index contributed by atoms with van der Waals surface area (Å²) in [6.45, 7) is 4.27. The Labute approximate surface area is 108 Å². The Bertz CT molecular complexity index is 344. The normalized spacial score (nSPS) is 10.9. The number of amides is 1. The molecule has 0 spiro atoms. The lowest BCUT2D eigenvalue weighted by atomic mass is 10.3. The van der Waals surface area contributed by atoms with Crippen LogP contribution in [0.4, 0.5) is 0 Å². The van der Waals surface area contributed by atoms with E-state index in [1.54, 1.807) is 24.5 Å². The zero-order chi connectivity index (χ0) is 13.1.